The van der Waals surface area contributed by atoms with Crippen LogP contribution in [0.4, 0.5) is 17.6 Å². The lowest BCUT2D eigenvalue weighted by atomic mass is 10.2. The summed E-state index contributed by atoms with van der Waals surface area (Å²) in [6, 6.07) is 1.24. The largest absolute Gasteiger partial charge is 0.417 e. The Labute approximate surface area is 100 Å². The van der Waals surface area contributed by atoms with E-state index in [-0.39, 0.29) is 6.07 Å². The second-order valence-electron chi connectivity index (χ2n) is 3.26. The van der Waals surface area contributed by atoms with E-state index in [0.29, 0.717) is 12.1 Å². The van der Waals surface area contributed by atoms with Crippen LogP contribution in [0.25, 0.3) is 0 Å². The second kappa shape index (κ2) is 5.21. The molecule has 2 N–H and O–H groups in total. The van der Waals surface area contributed by atoms with Crippen molar-refractivity contribution in [3.05, 3.63) is 29.6 Å². The molecule has 0 aliphatic carbocycles. The molecule has 1 aromatic carbocycles. The summed E-state index contributed by atoms with van der Waals surface area (Å²) >= 11 is 0. The van der Waals surface area contributed by atoms with Gasteiger partial charge in [0.1, 0.15) is 5.82 Å². The molecule has 18 heavy (non-hydrogen) atoms. The van der Waals surface area contributed by atoms with Crippen LogP contribution in [0.15, 0.2) is 23.1 Å². The number of benzene rings is 1. The number of halogens is 4. The first-order valence-corrected chi connectivity index (χ1v) is 6.14. The number of aliphatic hydroxyl groups is 1. The monoisotopic (exact) mass is 287 g/mol. The van der Waals surface area contributed by atoms with Gasteiger partial charge in [-0.05, 0) is 18.2 Å². The van der Waals surface area contributed by atoms with E-state index in [1.165, 1.54) is 0 Å². The van der Waals surface area contributed by atoms with Gasteiger partial charge >= 0.3 is 6.18 Å². The third-order valence-corrected chi connectivity index (χ3v) is 3.46. The average molecular weight is 287 g/mol. The number of hydrogen-bond donors (Lipinski definition) is 2. The quantitative estimate of drug-likeness (QED) is 0.815. The van der Waals surface area contributed by atoms with Crippen LogP contribution >= 0.6 is 0 Å². The SMILES string of the molecule is O=S(=O)(NCCO)c1ccc(F)cc1C(F)(F)F. The van der Waals surface area contributed by atoms with Crippen molar-refractivity contribution in [1.82, 2.24) is 4.72 Å². The van der Waals surface area contributed by atoms with E-state index in [1.807, 2.05) is 0 Å². The van der Waals surface area contributed by atoms with Crippen LogP contribution in [-0.2, 0) is 16.2 Å². The van der Waals surface area contributed by atoms with Crippen molar-refractivity contribution in [2.45, 2.75) is 11.1 Å². The lowest BCUT2D eigenvalue weighted by Gasteiger charge is -2.13. The predicted molar refractivity (Wildman–Crippen MR) is 53.7 cm³/mol. The first-order valence-electron chi connectivity index (χ1n) is 4.66. The summed E-state index contributed by atoms with van der Waals surface area (Å²) < 4.78 is 75.3. The van der Waals surface area contributed by atoms with Crippen LogP contribution in [0.2, 0.25) is 0 Å². The molecule has 0 radical (unpaired) electrons. The molecular formula is C9H9F4NO3S. The highest BCUT2D eigenvalue weighted by Crippen LogP contribution is 2.34. The van der Waals surface area contributed by atoms with Gasteiger partial charge in [0.25, 0.3) is 0 Å². The van der Waals surface area contributed by atoms with E-state index in [2.05, 4.69) is 0 Å². The van der Waals surface area contributed by atoms with Gasteiger partial charge in [0.05, 0.1) is 17.1 Å². The van der Waals surface area contributed by atoms with Crippen LogP contribution in [0.3, 0.4) is 0 Å². The van der Waals surface area contributed by atoms with Crippen LogP contribution in [-0.4, -0.2) is 26.7 Å². The Kier molecular flexibility index (Phi) is 4.30. The molecule has 0 atom stereocenters. The van der Waals surface area contributed by atoms with Gasteiger partial charge in [0.2, 0.25) is 10.0 Å². The van der Waals surface area contributed by atoms with Crippen molar-refractivity contribution in [2.24, 2.45) is 0 Å². The van der Waals surface area contributed by atoms with E-state index >= 15 is 0 Å². The minimum Gasteiger partial charge on any atom is -0.395 e. The lowest BCUT2D eigenvalue weighted by molar-refractivity contribution is -0.140. The fraction of sp³-hybridized carbons (Fsp3) is 0.333. The third-order valence-electron chi connectivity index (χ3n) is 1.94. The summed E-state index contributed by atoms with van der Waals surface area (Å²) in [5.74, 6) is -1.19. The summed E-state index contributed by atoms with van der Waals surface area (Å²) in [5.41, 5.74) is -1.59. The Morgan fingerprint density at radius 2 is 1.89 bits per heavy atom. The number of hydrogen-bond acceptors (Lipinski definition) is 3. The molecule has 0 aliphatic heterocycles. The molecule has 0 amide bonds. The molecule has 0 saturated carbocycles. The van der Waals surface area contributed by atoms with Crippen molar-refractivity contribution in [1.29, 1.82) is 0 Å². The van der Waals surface area contributed by atoms with Crippen molar-refractivity contribution < 1.29 is 31.1 Å². The number of alkyl halides is 3. The van der Waals surface area contributed by atoms with Crippen molar-refractivity contribution >= 4 is 10.0 Å². The molecule has 0 spiro atoms. The lowest BCUT2D eigenvalue weighted by Crippen LogP contribution is -2.28. The first-order chi connectivity index (χ1) is 8.18. The minimum atomic E-state index is -4.99. The highest BCUT2D eigenvalue weighted by Gasteiger charge is 2.37. The molecule has 0 aliphatic rings. The molecule has 0 heterocycles. The highest BCUT2D eigenvalue weighted by molar-refractivity contribution is 7.89. The summed E-state index contributed by atoms with van der Waals surface area (Å²) in [6.07, 6.45) is -4.99. The van der Waals surface area contributed by atoms with Crippen molar-refractivity contribution in [2.75, 3.05) is 13.2 Å². The predicted octanol–water partition coefficient (Wildman–Crippen LogP) is 1.12. The topological polar surface area (TPSA) is 66.4 Å². The number of aliphatic hydroxyl groups excluding tert-OH is 1. The van der Waals surface area contributed by atoms with Crippen molar-refractivity contribution in [3.8, 4) is 0 Å². The van der Waals surface area contributed by atoms with Gasteiger partial charge in [-0.1, -0.05) is 0 Å². The smallest absolute Gasteiger partial charge is 0.395 e. The molecule has 1 rings (SSSR count). The van der Waals surface area contributed by atoms with Gasteiger partial charge < -0.3 is 5.11 Å². The normalized spacial score (nSPS) is 12.7. The first kappa shape index (κ1) is 14.9. The molecule has 0 bridgehead atoms. The van der Waals surface area contributed by atoms with Gasteiger partial charge in [-0.3, -0.25) is 0 Å². The molecule has 4 nitrogen and oxygen atoms in total. The average Bonchev–Trinajstić information content (AvgIpc) is 2.25. The zero-order valence-electron chi connectivity index (χ0n) is 8.83. The third kappa shape index (κ3) is 3.40. The zero-order valence-corrected chi connectivity index (χ0v) is 9.65. The van der Waals surface area contributed by atoms with E-state index in [4.69, 9.17) is 5.11 Å². The fourth-order valence-corrected chi connectivity index (χ4v) is 2.44. The number of nitrogens with one attached hydrogen (secondary N) is 1. The standard InChI is InChI=1S/C9H9F4NO3S/c10-6-1-2-8(7(5-6)9(11,12)13)18(16,17)14-3-4-15/h1-2,5,14-15H,3-4H2. The maximum Gasteiger partial charge on any atom is 0.417 e. The zero-order chi connectivity index (χ0) is 14.0. The maximum absolute atomic E-state index is 12.8. The van der Waals surface area contributed by atoms with Crippen molar-refractivity contribution in [3.63, 3.8) is 0 Å². The molecule has 9 heteroatoms. The second-order valence-corrected chi connectivity index (χ2v) is 4.99. The maximum atomic E-state index is 12.8. The van der Waals surface area contributed by atoms with Crippen LogP contribution in [0.1, 0.15) is 5.56 Å². The highest BCUT2D eigenvalue weighted by atomic mass is 32.2. The van der Waals surface area contributed by atoms with Crippen LogP contribution in [0.5, 0.6) is 0 Å². The molecular weight excluding hydrogens is 278 g/mol. The van der Waals surface area contributed by atoms with E-state index in [0.717, 1.165) is 0 Å². The Morgan fingerprint density at radius 1 is 1.28 bits per heavy atom. The minimum absolute atomic E-state index is 0.105. The van der Waals surface area contributed by atoms with Gasteiger partial charge in [-0.15, -0.1) is 0 Å². The van der Waals surface area contributed by atoms with Gasteiger partial charge in [-0.25, -0.2) is 17.5 Å². The summed E-state index contributed by atoms with van der Waals surface area (Å²) in [4.78, 5) is -1.08. The molecule has 0 aromatic heterocycles. The summed E-state index contributed by atoms with van der Waals surface area (Å²) in [6.45, 7) is -1.00. The Balaban J connectivity index is 3.33. The van der Waals surface area contributed by atoms with E-state index in [9.17, 15) is 26.0 Å². The summed E-state index contributed by atoms with van der Waals surface area (Å²) in [5, 5.41) is 8.44. The van der Waals surface area contributed by atoms with Gasteiger partial charge in [0, 0.05) is 6.54 Å². The van der Waals surface area contributed by atoms with Crippen LogP contribution in [0, 0.1) is 5.82 Å². The Morgan fingerprint density at radius 3 is 2.39 bits per heavy atom. The Hall–Kier alpha value is -1.19. The Bertz CT molecular complexity index is 527. The van der Waals surface area contributed by atoms with Crippen LogP contribution < -0.4 is 4.72 Å². The molecule has 102 valence electrons. The summed E-state index contributed by atoms with van der Waals surface area (Å²) in [7, 11) is -4.45. The molecule has 0 unspecified atom stereocenters. The van der Waals surface area contributed by atoms with Gasteiger partial charge in [0.15, 0.2) is 0 Å². The molecule has 0 saturated heterocycles. The van der Waals surface area contributed by atoms with E-state index in [1.54, 1.807) is 4.72 Å². The number of sulfonamides is 1. The number of rotatable bonds is 4. The molecule has 1 aromatic rings. The molecule has 0 fully saturated rings. The van der Waals surface area contributed by atoms with Gasteiger partial charge in [-0.2, -0.15) is 13.2 Å². The fourth-order valence-electron chi connectivity index (χ4n) is 1.22. The van der Waals surface area contributed by atoms with E-state index < -0.39 is 45.6 Å².